The molecular formula is C14H9Cl2MoNO5Pd. The molecule has 2 aromatic rings. The van der Waals surface area contributed by atoms with Crippen molar-refractivity contribution in [2.24, 2.45) is 0 Å². The van der Waals surface area contributed by atoms with Crippen LogP contribution >= 0.6 is 23.2 Å². The van der Waals surface area contributed by atoms with Crippen LogP contribution in [0, 0.1) is 10.1 Å². The molecule has 1 N–H and O–H groups in total. The molecule has 1 aliphatic rings. The number of aromatic hydroxyl groups is 1. The quantitative estimate of drug-likeness (QED) is 0.194. The van der Waals surface area contributed by atoms with Gasteiger partial charge in [0.25, 0.3) is 0 Å². The first-order valence-electron chi connectivity index (χ1n) is 5.99. The molecule has 6 nitrogen and oxygen atoms in total. The number of fused-ring (bicyclic) bond motifs is 1. The van der Waals surface area contributed by atoms with Crippen molar-refractivity contribution in [3.8, 4) is 11.5 Å². The van der Waals surface area contributed by atoms with Crippen LogP contribution in [0.4, 0.5) is 5.69 Å². The van der Waals surface area contributed by atoms with Gasteiger partial charge in [-0.2, -0.15) is 0 Å². The third kappa shape index (κ3) is 6.16. The fraction of sp³-hybridized carbons (Fsp3) is 0.0714. The topological polar surface area (TPSA) is 89.7 Å². The number of benzene rings is 2. The summed E-state index contributed by atoms with van der Waals surface area (Å²) in [6, 6.07) is 8.82. The van der Waals surface area contributed by atoms with Gasteiger partial charge in [-0.15, -0.1) is 0 Å². The van der Waals surface area contributed by atoms with Crippen LogP contribution in [-0.4, -0.2) is 16.0 Å². The summed E-state index contributed by atoms with van der Waals surface area (Å²) < 4.78 is 4.86. The van der Waals surface area contributed by atoms with E-state index in [1.54, 1.807) is 18.2 Å². The van der Waals surface area contributed by atoms with E-state index in [4.69, 9.17) is 33.0 Å². The SMILES string of the molecule is O=C1Cc2cc(Cl)ccc2O1.O=[N+]([O-])c1cc(Cl)ccc1O.[Mo].[Pd]. The number of halogens is 2. The van der Waals surface area contributed by atoms with Crippen LogP contribution < -0.4 is 4.74 Å². The second kappa shape index (κ2) is 10.1. The number of nitro groups is 1. The molecule has 0 aromatic heterocycles. The van der Waals surface area contributed by atoms with E-state index in [1.807, 2.05) is 0 Å². The summed E-state index contributed by atoms with van der Waals surface area (Å²) in [5, 5.41) is 19.9. The minimum Gasteiger partial charge on any atom is -0.502 e. The number of phenolic OH excluding ortho intramolecular Hbond substituents is 1. The minimum atomic E-state index is -0.693. The van der Waals surface area contributed by atoms with E-state index in [1.165, 1.54) is 12.1 Å². The van der Waals surface area contributed by atoms with Gasteiger partial charge in [-0.1, -0.05) is 23.2 Å². The summed E-state index contributed by atoms with van der Waals surface area (Å²) in [4.78, 5) is 20.2. The van der Waals surface area contributed by atoms with Crippen molar-refractivity contribution in [3.63, 3.8) is 0 Å². The Labute approximate surface area is 175 Å². The molecule has 0 aliphatic carbocycles. The molecule has 2 aromatic carbocycles. The van der Waals surface area contributed by atoms with Crippen molar-refractivity contribution >= 4 is 34.9 Å². The molecule has 0 fully saturated rings. The molecule has 3 rings (SSSR count). The molecule has 130 valence electrons. The molecular weight excluding hydrogens is 535 g/mol. The van der Waals surface area contributed by atoms with Crippen molar-refractivity contribution in [2.45, 2.75) is 6.42 Å². The zero-order chi connectivity index (χ0) is 16.3. The van der Waals surface area contributed by atoms with Crippen LogP contribution in [-0.2, 0) is 52.7 Å². The summed E-state index contributed by atoms with van der Waals surface area (Å²) in [5.41, 5.74) is 0.500. The second-order valence-electron chi connectivity index (χ2n) is 4.29. The Morgan fingerprint density at radius 1 is 1.12 bits per heavy atom. The Morgan fingerprint density at radius 2 is 1.71 bits per heavy atom. The first kappa shape index (κ1) is 23.0. The van der Waals surface area contributed by atoms with Crippen molar-refractivity contribution in [1.82, 2.24) is 0 Å². The van der Waals surface area contributed by atoms with E-state index in [0.29, 0.717) is 17.2 Å². The number of rotatable bonds is 1. The molecule has 0 spiro atoms. The van der Waals surface area contributed by atoms with E-state index in [0.717, 1.165) is 11.6 Å². The molecule has 24 heavy (non-hydrogen) atoms. The van der Waals surface area contributed by atoms with Crippen LogP contribution in [0.25, 0.3) is 0 Å². The standard InChI is InChI=1S/C8H5ClO2.C6H4ClNO3.Mo.Pd/c9-6-1-2-7-5(3-6)4-8(10)11-7;7-4-1-2-6(9)5(3-4)8(10)11;;/h1-3H,4H2;1-3,9H;;. The molecule has 0 amide bonds. The molecule has 1 heterocycles. The van der Waals surface area contributed by atoms with E-state index < -0.39 is 4.92 Å². The average molecular weight is 544 g/mol. The first-order chi connectivity index (χ1) is 10.4. The molecule has 0 saturated heterocycles. The number of carbonyl (C=O) groups is 1. The number of phenols is 1. The minimum absolute atomic E-state index is 0. The summed E-state index contributed by atoms with van der Waals surface area (Å²) >= 11 is 11.1. The Balaban J connectivity index is 0.000000407. The van der Waals surface area contributed by atoms with Crippen LogP contribution in [0.2, 0.25) is 10.0 Å². The zero-order valence-corrected chi connectivity index (χ0v) is 16.8. The van der Waals surface area contributed by atoms with Gasteiger partial charge in [-0.25, -0.2) is 0 Å². The summed E-state index contributed by atoms with van der Waals surface area (Å²) in [6.07, 6.45) is 0.343. The molecule has 0 atom stereocenters. The zero-order valence-electron chi connectivity index (χ0n) is 11.7. The normalized spacial score (nSPS) is 11.0. The van der Waals surface area contributed by atoms with Gasteiger partial charge >= 0.3 is 11.7 Å². The maximum atomic E-state index is 10.7. The van der Waals surface area contributed by atoms with E-state index >= 15 is 0 Å². The fourth-order valence-corrected chi connectivity index (χ4v) is 2.10. The van der Waals surface area contributed by atoms with Crippen molar-refractivity contribution in [1.29, 1.82) is 0 Å². The number of nitrogens with zero attached hydrogens (tertiary/aromatic N) is 1. The second-order valence-corrected chi connectivity index (χ2v) is 5.17. The Bertz CT molecular complexity index is 760. The molecule has 10 heteroatoms. The number of nitro benzene ring substituents is 1. The number of esters is 1. The molecule has 0 bridgehead atoms. The number of carbonyl (C=O) groups excluding carboxylic acids is 1. The predicted molar refractivity (Wildman–Crippen MR) is 80.6 cm³/mol. The largest absolute Gasteiger partial charge is 0.502 e. The summed E-state index contributed by atoms with van der Waals surface area (Å²) in [7, 11) is 0. The Morgan fingerprint density at radius 3 is 2.29 bits per heavy atom. The first-order valence-corrected chi connectivity index (χ1v) is 6.74. The van der Waals surface area contributed by atoms with Crippen molar-refractivity contribution in [2.75, 3.05) is 0 Å². The smallest absolute Gasteiger partial charge is 0.315 e. The average Bonchev–Trinajstić information content (AvgIpc) is 2.81. The van der Waals surface area contributed by atoms with E-state index in [9.17, 15) is 14.9 Å². The third-order valence-corrected chi connectivity index (χ3v) is 3.19. The van der Waals surface area contributed by atoms with Gasteiger partial charge in [0.15, 0.2) is 5.75 Å². The molecule has 1 aliphatic heterocycles. The van der Waals surface area contributed by atoms with Gasteiger partial charge in [0, 0.05) is 63.2 Å². The maximum Gasteiger partial charge on any atom is 0.315 e. The van der Waals surface area contributed by atoms with Crippen LogP contribution in [0.3, 0.4) is 0 Å². The van der Waals surface area contributed by atoms with E-state index in [2.05, 4.69) is 0 Å². The monoisotopic (exact) mass is 545 g/mol. The Kier molecular flexibility index (Phi) is 9.72. The van der Waals surface area contributed by atoms with Crippen molar-refractivity contribution in [3.05, 3.63) is 62.1 Å². The van der Waals surface area contributed by atoms with Crippen molar-refractivity contribution < 1.29 is 61.0 Å². The van der Waals surface area contributed by atoms with Gasteiger partial charge < -0.3 is 9.84 Å². The van der Waals surface area contributed by atoms with Gasteiger partial charge in [0.1, 0.15) is 5.75 Å². The fourth-order valence-electron chi connectivity index (χ4n) is 1.74. The molecule has 0 radical (unpaired) electrons. The number of hydrogen-bond acceptors (Lipinski definition) is 5. The van der Waals surface area contributed by atoms with Gasteiger partial charge in [0.2, 0.25) is 0 Å². The summed E-state index contributed by atoms with van der Waals surface area (Å²) in [6.45, 7) is 0. The third-order valence-electron chi connectivity index (χ3n) is 2.72. The maximum absolute atomic E-state index is 10.7. The van der Waals surface area contributed by atoms with Crippen LogP contribution in [0.5, 0.6) is 11.5 Å². The van der Waals surface area contributed by atoms with Gasteiger partial charge in [-0.3, -0.25) is 14.9 Å². The molecule has 0 saturated carbocycles. The van der Waals surface area contributed by atoms with Crippen LogP contribution in [0.1, 0.15) is 5.56 Å². The Hall–Kier alpha value is -0.959. The number of hydrogen-bond donors (Lipinski definition) is 1. The number of ether oxygens (including phenoxy) is 1. The van der Waals surface area contributed by atoms with E-state index in [-0.39, 0.29) is 63.9 Å². The predicted octanol–water partition coefficient (Wildman–Crippen LogP) is 3.75. The van der Waals surface area contributed by atoms with Gasteiger partial charge in [0.05, 0.1) is 11.3 Å². The van der Waals surface area contributed by atoms with Gasteiger partial charge in [-0.05, 0) is 30.3 Å². The molecule has 0 unspecified atom stereocenters. The van der Waals surface area contributed by atoms with Crippen LogP contribution in [0.15, 0.2) is 36.4 Å². The summed E-state index contributed by atoms with van der Waals surface area (Å²) in [5.74, 6) is 0.0565.